The summed E-state index contributed by atoms with van der Waals surface area (Å²) in [6.07, 6.45) is 3.90. The van der Waals surface area contributed by atoms with E-state index in [9.17, 15) is 4.79 Å². The van der Waals surface area contributed by atoms with Gasteiger partial charge in [0.05, 0.1) is 12.5 Å². The first kappa shape index (κ1) is 14.4. The second-order valence-corrected chi connectivity index (χ2v) is 4.33. The largest absolute Gasteiger partial charge is 0.345 e. The molecule has 0 bridgehead atoms. The average Bonchev–Trinajstić information content (AvgIpc) is 2.18. The van der Waals surface area contributed by atoms with Crippen molar-refractivity contribution in [2.45, 2.75) is 53.4 Å². The van der Waals surface area contributed by atoms with E-state index < -0.39 is 0 Å². The van der Waals surface area contributed by atoms with Crippen molar-refractivity contribution in [2.75, 3.05) is 6.61 Å². The third-order valence-electron chi connectivity index (χ3n) is 2.27. The molecule has 0 N–H and O–H groups in total. The summed E-state index contributed by atoms with van der Waals surface area (Å²) in [7, 11) is 0. The Kier molecular flexibility index (Phi) is 8.38. The molecule has 0 amide bonds. The highest BCUT2D eigenvalue weighted by atomic mass is 17.2. The molecule has 0 radical (unpaired) electrons. The molecule has 0 saturated carbocycles. The minimum Gasteiger partial charge on any atom is -0.298 e. The molecule has 15 heavy (non-hydrogen) atoms. The van der Waals surface area contributed by atoms with Crippen LogP contribution in [0.1, 0.15) is 53.4 Å². The Morgan fingerprint density at radius 2 is 1.93 bits per heavy atom. The van der Waals surface area contributed by atoms with Crippen molar-refractivity contribution in [1.82, 2.24) is 0 Å². The van der Waals surface area contributed by atoms with Crippen molar-refractivity contribution in [3.8, 4) is 0 Å². The molecule has 1 atom stereocenters. The quantitative estimate of drug-likeness (QED) is 0.461. The van der Waals surface area contributed by atoms with Gasteiger partial charge in [-0.05, 0) is 18.8 Å². The van der Waals surface area contributed by atoms with Crippen LogP contribution in [0.15, 0.2) is 0 Å². The van der Waals surface area contributed by atoms with Gasteiger partial charge in [0.25, 0.3) is 0 Å². The first-order chi connectivity index (χ1) is 7.11. The molecule has 3 heteroatoms. The van der Waals surface area contributed by atoms with Crippen LogP contribution in [0.5, 0.6) is 0 Å². The highest BCUT2D eigenvalue weighted by Gasteiger charge is 2.18. The van der Waals surface area contributed by atoms with Crippen LogP contribution < -0.4 is 0 Å². The van der Waals surface area contributed by atoms with Crippen LogP contribution >= 0.6 is 0 Å². The Morgan fingerprint density at radius 3 is 2.40 bits per heavy atom. The van der Waals surface area contributed by atoms with Gasteiger partial charge >= 0.3 is 5.97 Å². The van der Waals surface area contributed by atoms with Gasteiger partial charge in [-0.2, -0.15) is 4.89 Å². The van der Waals surface area contributed by atoms with Gasteiger partial charge in [0, 0.05) is 0 Å². The predicted octanol–water partition coefficient (Wildman–Crippen LogP) is 3.33. The maximum atomic E-state index is 11.5. The summed E-state index contributed by atoms with van der Waals surface area (Å²) >= 11 is 0. The number of rotatable bonds is 8. The van der Waals surface area contributed by atoms with E-state index in [1.54, 1.807) is 0 Å². The lowest BCUT2D eigenvalue weighted by Crippen LogP contribution is -2.18. The summed E-state index contributed by atoms with van der Waals surface area (Å²) in [5, 5.41) is 0. The van der Waals surface area contributed by atoms with Gasteiger partial charge in [-0.25, -0.2) is 4.79 Å². The van der Waals surface area contributed by atoms with Crippen molar-refractivity contribution in [1.29, 1.82) is 0 Å². The van der Waals surface area contributed by atoms with Crippen LogP contribution in [0.4, 0.5) is 0 Å². The Balaban J connectivity index is 3.73. The van der Waals surface area contributed by atoms with Gasteiger partial charge < -0.3 is 0 Å². The molecule has 0 aliphatic rings. The fourth-order valence-electron chi connectivity index (χ4n) is 1.24. The summed E-state index contributed by atoms with van der Waals surface area (Å²) < 4.78 is 0. The van der Waals surface area contributed by atoms with E-state index in [-0.39, 0.29) is 11.9 Å². The molecule has 0 aliphatic heterocycles. The lowest BCUT2D eigenvalue weighted by Gasteiger charge is -2.12. The lowest BCUT2D eigenvalue weighted by molar-refractivity contribution is -0.280. The molecule has 0 aliphatic carbocycles. The minimum atomic E-state index is -0.216. The zero-order valence-corrected chi connectivity index (χ0v) is 10.4. The zero-order chi connectivity index (χ0) is 11.7. The Hall–Kier alpha value is -0.570. The molecule has 0 aromatic rings. The van der Waals surface area contributed by atoms with Gasteiger partial charge in [0.2, 0.25) is 0 Å². The first-order valence-electron chi connectivity index (χ1n) is 5.95. The van der Waals surface area contributed by atoms with Gasteiger partial charge in [0.1, 0.15) is 0 Å². The molecule has 0 rings (SSSR count). The third kappa shape index (κ3) is 7.37. The summed E-state index contributed by atoms with van der Waals surface area (Å²) in [6.45, 7) is 8.62. The zero-order valence-electron chi connectivity index (χ0n) is 10.4. The van der Waals surface area contributed by atoms with Crippen LogP contribution in [0, 0.1) is 11.8 Å². The van der Waals surface area contributed by atoms with Crippen molar-refractivity contribution < 1.29 is 14.6 Å². The number of hydrogen-bond donors (Lipinski definition) is 0. The smallest absolute Gasteiger partial charge is 0.298 e. The van der Waals surface area contributed by atoms with Gasteiger partial charge in [-0.15, -0.1) is 0 Å². The summed E-state index contributed by atoms with van der Waals surface area (Å²) in [4.78, 5) is 21.1. The maximum Gasteiger partial charge on any atom is 0.345 e. The second-order valence-electron chi connectivity index (χ2n) is 4.33. The Morgan fingerprint density at radius 1 is 1.27 bits per heavy atom. The maximum absolute atomic E-state index is 11.5. The van der Waals surface area contributed by atoms with Crippen molar-refractivity contribution >= 4 is 5.97 Å². The SMILES string of the molecule is CCCCC(CC)C(=O)OOCC(C)C. The molecular weight excluding hydrogens is 192 g/mol. The van der Waals surface area contributed by atoms with E-state index in [1.807, 2.05) is 20.8 Å². The summed E-state index contributed by atoms with van der Waals surface area (Å²) in [5.74, 6) is 0.164. The Bertz CT molecular complexity index is 166. The highest BCUT2D eigenvalue weighted by molar-refractivity contribution is 5.71. The van der Waals surface area contributed by atoms with Crippen LogP contribution in [-0.4, -0.2) is 12.6 Å². The topological polar surface area (TPSA) is 35.5 Å². The number of unbranched alkanes of at least 4 members (excludes halogenated alkanes) is 1. The highest BCUT2D eigenvalue weighted by Crippen LogP contribution is 2.14. The normalized spacial score (nSPS) is 12.9. The summed E-state index contributed by atoms with van der Waals surface area (Å²) in [5.41, 5.74) is 0. The van der Waals surface area contributed by atoms with Crippen LogP contribution in [0.25, 0.3) is 0 Å². The fraction of sp³-hybridized carbons (Fsp3) is 0.917. The lowest BCUT2D eigenvalue weighted by atomic mass is 10.00. The number of carbonyl (C=O) groups excluding carboxylic acids is 1. The van der Waals surface area contributed by atoms with E-state index in [2.05, 4.69) is 6.92 Å². The molecule has 0 aromatic carbocycles. The number of carbonyl (C=O) groups is 1. The molecule has 90 valence electrons. The molecule has 0 saturated heterocycles. The molecule has 3 nitrogen and oxygen atoms in total. The van der Waals surface area contributed by atoms with E-state index in [1.165, 1.54) is 0 Å². The standard InChI is InChI=1S/C12H24O3/c1-5-7-8-11(6-2)12(13)15-14-9-10(3)4/h10-11H,5-9H2,1-4H3. The predicted molar refractivity (Wildman–Crippen MR) is 60.2 cm³/mol. The van der Waals surface area contributed by atoms with Crippen molar-refractivity contribution in [3.63, 3.8) is 0 Å². The van der Waals surface area contributed by atoms with E-state index >= 15 is 0 Å². The van der Waals surface area contributed by atoms with E-state index in [0.717, 1.165) is 25.7 Å². The van der Waals surface area contributed by atoms with Gasteiger partial charge in [-0.1, -0.05) is 40.5 Å². The molecule has 0 fully saturated rings. The van der Waals surface area contributed by atoms with Crippen LogP contribution in [0.2, 0.25) is 0 Å². The second kappa shape index (κ2) is 8.72. The van der Waals surface area contributed by atoms with Crippen LogP contribution in [-0.2, 0) is 14.6 Å². The van der Waals surface area contributed by atoms with E-state index in [4.69, 9.17) is 9.78 Å². The molecular formula is C12H24O3. The molecule has 1 unspecified atom stereocenters. The minimum absolute atomic E-state index is 0.00267. The van der Waals surface area contributed by atoms with Gasteiger partial charge in [0.15, 0.2) is 0 Å². The molecule has 0 aromatic heterocycles. The van der Waals surface area contributed by atoms with Crippen LogP contribution in [0.3, 0.4) is 0 Å². The first-order valence-corrected chi connectivity index (χ1v) is 5.95. The molecule has 0 heterocycles. The third-order valence-corrected chi connectivity index (χ3v) is 2.27. The average molecular weight is 216 g/mol. The van der Waals surface area contributed by atoms with Gasteiger partial charge in [-0.3, -0.25) is 4.89 Å². The summed E-state index contributed by atoms with van der Waals surface area (Å²) in [6, 6.07) is 0. The fourth-order valence-corrected chi connectivity index (χ4v) is 1.24. The van der Waals surface area contributed by atoms with Crippen molar-refractivity contribution in [2.24, 2.45) is 11.8 Å². The molecule has 0 spiro atoms. The monoisotopic (exact) mass is 216 g/mol. The number of hydrogen-bond acceptors (Lipinski definition) is 3. The van der Waals surface area contributed by atoms with E-state index in [0.29, 0.717) is 12.5 Å². The Labute approximate surface area is 93.1 Å². The van der Waals surface area contributed by atoms with Crippen molar-refractivity contribution in [3.05, 3.63) is 0 Å².